The van der Waals surface area contributed by atoms with E-state index in [0.717, 1.165) is 47.9 Å². The summed E-state index contributed by atoms with van der Waals surface area (Å²) >= 11 is 5.16. The monoisotopic (exact) mass is 704 g/mol. The second-order valence-corrected chi connectivity index (χ2v) is 11.6. The van der Waals surface area contributed by atoms with Crippen LogP contribution in [0.25, 0.3) is 12.2 Å². The molecule has 4 rings (SSSR count). The highest BCUT2D eigenvalue weighted by atomic mass is 35.5. The van der Waals surface area contributed by atoms with Gasteiger partial charge in [-0.25, -0.2) is 0 Å². The number of nitrogens with two attached hydrogens (primary N) is 1. The number of benzene rings is 2. The molecule has 0 saturated carbocycles. The van der Waals surface area contributed by atoms with Crippen molar-refractivity contribution in [1.29, 1.82) is 0 Å². The van der Waals surface area contributed by atoms with E-state index < -0.39 is 0 Å². The summed E-state index contributed by atoms with van der Waals surface area (Å²) in [4.78, 5) is 69.6. The Kier molecular flexibility index (Phi) is 20.9. The van der Waals surface area contributed by atoms with Crippen molar-refractivity contribution in [3.63, 3.8) is 0 Å². The second kappa shape index (κ2) is 24.2. The molecule has 2 aliphatic rings. The Morgan fingerprint density at radius 1 is 0.640 bits per heavy atom. The second-order valence-electron chi connectivity index (χ2n) is 11.2. The molecule has 5 amide bonds. The van der Waals surface area contributed by atoms with Crippen LogP contribution in [0.3, 0.4) is 0 Å². The van der Waals surface area contributed by atoms with E-state index in [9.17, 15) is 28.8 Å². The van der Waals surface area contributed by atoms with Crippen LogP contribution in [0.2, 0.25) is 0 Å². The van der Waals surface area contributed by atoms with Crippen LogP contribution in [-0.2, 0) is 41.9 Å². The number of halogens is 1. The first kappa shape index (κ1) is 43.1. The Morgan fingerprint density at radius 2 is 1.04 bits per heavy atom. The van der Waals surface area contributed by atoms with Crippen LogP contribution in [0, 0.1) is 0 Å². The van der Waals surface area contributed by atoms with Gasteiger partial charge in [0.25, 0.3) is 23.6 Å². The smallest absolute Gasteiger partial charge is 0.253 e. The van der Waals surface area contributed by atoms with E-state index in [1.807, 2.05) is 54.6 Å². The Morgan fingerprint density at radius 3 is 1.42 bits per heavy atom. The van der Waals surface area contributed by atoms with Gasteiger partial charge in [0.05, 0.1) is 0 Å². The van der Waals surface area contributed by atoms with E-state index in [1.54, 1.807) is 6.08 Å². The Balaban J connectivity index is 0.000000410. The van der Waals surface area contributed by atoms with Crippen LogP contribution in [0.15, 0.2) is 86.0 Å². The van der Waals surface area contributed by atoms with Crippen molar-refractivity contribution in [3.8, 4) is 0 Å². The molecule has 2 heterocycles. The van der Waals surface area contributed by atoms with Gasteiger partial charge < -0.3 is 11.1 Å². The van der Waals surface area contributed by atoms with Crippen LogP contribution < -0.4 is 11.1 Å². The molecule has 0 aromatic heterocycles. The average molecular weight is 705 g/mol. The van der Waals surface area contributed by atoms with Crippen LogP contribution in [0.5, 0.6) is 0 Å². The van der Waals surface area contributed by atoms with Crippen LogP contribution in [-0.4, -0.2) is 57.7 Å². The lowest BCUT2D eigenvalue weighted by molar-refractivity contribution is -0.138. The molecule has 268 valence electrons. The summed E-state index contributed by atoms with van der Waals surface area (Å²) < 4.78 is 0. The third-order valence-electron chi connectivity index (χ3n) is 7.50. The van der Waals surface area contributed by atoms with Crippen molar-refractivity contribution in [1.82, 2.24) is 15.1 Å². The lowest BCUT2D eigenvalue weighted by Crippen LogP contribution is -2.30. The molecule has 2 aromatic carbocycles. The van der Waals surface area contributed by atoms with Gasteiger partial charge in [-0.05, 0) is 59.5 Å². The molecule has 11 heteroatoms. The summed E-state index contributed by atoms with van der Waals surface area (Å²) in [6, 6.07) is 15.9. The highest BCUT2D eigenvalue weighted by molar-refractivity contribution is 6.63. The quantitative estimate of drug-likeness (QED) is 0.115. The molecule has 0 atom stereocenters. The van der Waals surface area contributed by atoms with E-state index in [2.05, 4.69) is 18.5 Å². The third kappa shape index (κ3) is 16.5. The molecule has 0 fully saturated rings. The van der Waals surface area contributed by atoms with Gasteiger partial charge in [-0.2, -0.15) is 0 Å². The van der Waals surface area contributed by atoms with Gasteiger partial charge in [-0.15, -0.1) is 0 Å². The van der Waals surface area contributed by atoms with Crippen molar-refractivity contribution in [3.05, 3.63) is 108 Å². The number of unbranched alkanes of at least 4 members (excludes halogenated alkanes) is 4. The van der Waals surface area contributed by atoms with Crippen molar-refractivity contribution in [2.45, 2.75) is 71.9 Å². The molecule has 0 unspecified atom stereocenters. The maximum atomic E-state index is 11.8. The zero-order valence-corrected chi connectivity index (χ0v) is 28.5. The van der Waals surface area contributed by atoms with Gasteiger partial charge in [-0.1, -0.05) is 94.1 Å². The third-order valence-corrected chi connectivity index (χ3v) is 7.69. The number of amides is 5. The predicted octanol–water partition coefficient (Wildman–Crippen LogP) is 6.09. The molecule has 2 aromatic rings. The van der Waals surface area contributed by atoms with E-state index in [1.165, 1.54) is 34.1 Å². The van der Waals surface area contributed by atoms with Crippen molar-refractivity contribution in [2.24, 2.45) is 5.73 Å². The van der Waals surface area contributed by atoms with Crippen LogP contribution in [0.4, 0.5) is 0 Å². The highest BCUT2D eigenvalue weighted by Gasteiger charge is 2.23. The van der Waals surface area contributed by atoms with Gasteiger partial charge in [0.15, 0.2) is 0 Å². The van der Waals surface area contributed by atoms with Crippen molar-refractivity contribution in [2.75, 3.05) is 13.1 Å². The normalized spacial score (nSPS) is 12.8. The number of imide groups is 2. The summed E-state index contributed by atoms with van der Waals surface area (Å²) in [7, 11) is 0. The zero-order chi connectivity index (χ0) is 36.0. The molecule has 0 spiro atoms. The number of nitrogens with one attached hydrogen (secondary N) is 1. The maximum absolute atomic E-state index is 11.8. The molecule has 50 heavy (non-hydrogen) atoms. The first-order chi connectivity index (χ1) is 23.6. The average Bonchev–Trinajstić information content (AvgIpc) is 3.61. The molecular formula is C39H49ClN4O6. The molecule has 0 bridgehead atoms. The van der Waals surface area contributed by atoms with Crippen molar-refractivity contribution >= 4 is 58.5 Å². The summed E-state index contributed by atoms with van der Waals surface area (Å²) in [6.45, 7) is 9.32. The summed E-state index contributed by atoms with van der Waals surface area (Å²) in [5.74, 6) is -1.000. The summed E-state index contributed by atoms with van der Waals surface area (Å²) in [5, 5.41) is 2.55. The molecule has 0 saturated heterocycles. The fourth-order valence-corrected chi connectivity index (χ4v) is 4.73. The highest BCUT2D eigenvalue weighted by Crippen LogP contribution is 2.10. The molecule has 2 aliphatic heterocycles. The summed E-state index contributed by atoms with van der Waals surface area (Å²) in [5.41, 5.74) is 9.81. The number of hydrogen-bond donors (Lipinski definition) is 2. The summed E-state index contributed by atoms with van der Waals surface area (Å²) in [6.07, 6.45) is 14.0. The van der Waals surface area contributed by atoms with Gasteiger partial charge >= 0.3 is 0 Å². The maximum Gasteiger partial charge on any atom is 0.253 e. The van der Waals surface area contributed by atoms with Gasteiger partial charge in [0, 0.05) is 63.3 Å². The van der Waals surface area contributed by atoms with E-state index >= 15 is 0 Å². The SMILES string of the molecule is C.C=Cc1ccc(CN)cc1.C=Cc1ccc(CNC(=O)CCCCCN2C(=O)C=CC2=O)cc1.O=C(Cl)CCCCCN1C(=O)C=CC1=O. The van der Waals surface area contributed by atoms with Crippen LogP contribution in [0.1, 0.15) is 81.0 Å². The first-order valence-corrected chi connectivity index (χ1v) is 16.6. The molecule has 10 nitrogen and oxygen atoms in total. The molecular weight excluding hydrogens is 656 g/mol. The topological polar surface area (TPSA) is 147 Å². The van der Waals surface area contributed by atoms with Gasteiger partial charge in [0.2, 0.25) is 11.1 Å². The minimum Gasteiger partial charge on any atom is -0.352 e. The fraction of sp³-hybridized carbons (Fsp3) is 0.333. The van der Waals surface area contributed by atoms with Crippen LogP contribution >= 0.6 is 11.6 Å². The van der Waals surface area contributed by atoms with Gasteiger partial charge in [-0.3, -0.25) is 38.6 Å². The first-order valence-electron chi connectivity index (χ1n) is 16.2. The number of rotatable bonds is 17. The molecule has 3 N–H and O–H groups in total. The molecule has 0 radical (unpaired) electrons. The Labute approximate surface area is 300 Å². The lowest BCUT2D eigenvalue weighted by atomic mass is 10.1. The minimum atomic E-state index is -0.343. The number of nitrogens with zero attached hydrogens (tertiary/aromatic N) is 2. The molecule has 0 aliphatic carbocycles. The number of carbonyl (C=O) groups is 6. The number of carbonyl (C=O) groups excluding carboxylic acids is 6. The predicted molar refractivity (Wildman–Crippen MR) is 199 cm³/mol. The zero-order valence-electron chi connectivity index (χ0n) is 27.8. The largest absolute Gasteiger partial charge is 0.352 e. The fourth-order valence-electron chi connectivity index (χ4n) is 4.60. The van der Waals surface area contributed by atoms with E-state index in [-0.39, 0.29) is 42.2 Å². The minimum absolute atomic E-state index is 0. The van der Waals surface area contributed by atoms with Crippen molar-refractivity contribution < 1.29 is 28.8 Å². The Bertz CT molecular complexity index is 1480. The lowest BCUT2D eigenvalue weighted by Gasteiger charge is -2.13. The van der Waals surface area contributed by atoms with Gasteiger partial charge in [0.1, 0.15) is 0 Å². The standard InChI is InChI=1S/C19H22N2O3.C10H12ClNO3.C9H11N.CH4/c1-2-15-7-9-16(10-8-15)14-20-17(22)6-4-3-5-13-21-18(23)11-12-19(21)24;11-8(13)4-2-1-3-7-12-9(14)5-6-10(12)15;1-2-8-3-5-9(7-10)6-4-8;/h2,7-12H,1,3-6,13-14H2,(H,20,22);5-6H,1-4,7H2;2-6H,1,7,10H2;1H4. The van der Waals surface area contributed by atoms with E-state index in [0.29, 0.717) is 51.9 Å². The number of hydrogen-bond acceptors (Lipinski definition) is 7. The Hall–Kier alpha value is -4.93. The van der Waals surface area contributed by atoms with E-state index in [4.69, 9.17) is 17.3 Å².